The van der Waals surface area contributed by atoms with Gasteiger partial charge in [-0.2, -0.15) is 0 Å². The average molecular weight is 286 g/mol. The molecule has 6 nitrogen and oxygen atoms in total. The molecule has 0 bridgehead atoms. The van der Waals surface area contributed by atoms with Crippen LogP contribution >= 0.6 is 0 Å². The summed E-state index contributed by atoms with van der Waals surface area (Å²) >= 11 is 0. The normalized spacial score (nSPS) is 16.2. The van der Waals surface area contributed by atoms with E-state index in [0.29, 0.717) is 6.04 Å². The second-order valence-electron chi connectivity index (χ2n) is 5.86. The minimum Gasteiger partial charge on any atom is -0.367 e. The molecule has 2 aromatic rings. The fourth-order valence-corrected chi connectivity index (χ4v) is 2.64. The fraction of sp³-hybridized carbons (Fsp3) is 0.533. The zero-order chi connectivity index (χ0) is 14.8. The smallest absolute Gasteiger partial charge is 0.159 e. The molecule has 1 aliphatic rings. The lowest BCUT2D eigenvalue weighted by Gasteiger charge is -2.24. The van der Waals surface area contributed by atoms with Crippen LogP contribution in [0.5, 0.6) is 0 Å². The highest BCUT2D eigenvalue weighted by molar-refractivity contribution is 5.36. The molecule has 2 aromatic heterocycles. The molecule has 6 heteroatoms. The van der Waals surface area contributed by atoms with E-state index < -0.39 is 0 Å². The molecule has 0 saturated heterocycles. The number of nitrogens with one attached hydrogen (secondary N) is 1. The number of hydrogen-bond donors (Lipinski definition) is 1. The number of anilines is 1. The summed E-state index contributed by atoms with van der Waals surface area (Å²) in [4.78, 5) is 15.4. The lowest BCUT2D eigenvalue weighted by atomic mass is 10.1. The SMILES string of the molecule is Cc1nccn1-c1cncc(NCC(C2CC2)N(C)C)n1. The van der Waals surface area contributed by atoms with E-state index in [9.17, 15) is 0 Å². The monoisotopic (exact) mass is 286 g/mol. The summed E-state index contributed by atoms with van der Waals surface area (Å²) in [7, 11) is 4.28. The van der Waals surface area contributed by atoms with E-state index in [2.05, 4.69) is 39.3 Å². The lowest BCUT2D eigenvalue weighted by Crippen LogP contribution is -2.36. The van der Waals surface area contributed by atoms with Crippen molar-refractivity contribution in [1.82, 2.24) is 24.4 Å². The predicted molar refractivity (Wildman–Crippen MR) is 82.6 cm³/mol. The predicted octanol–water partition coefficient (Wildman–Crippen LogP) is 1.72. The van der Waals surface area contributed by atoms with Crippen molar-refractivity contribution in [1.29, 1.82) is 0 Å². The van der Waals surface area contributed by atoms with Gasteiger partial charge in [-0.1, -0.05) is 0 Å². The van der Waals surface area contributed by atoms with Crippen molar-refractivity contribution in [3.8, 4) is 5.82 Å². The van der Waals surface area contributed by atoms with Crippen LogP contribution in [-0.2, 0) is 0 Å². The minimum absolute atomic E-state index is 0.561. The van der Waals surface area contributed by atoms with Crippen molar-refractivity contribution in [3.05, 3.63) is 30.6 Å². The molecule has 0 spiro atoms. The number of likely N-dealkylation sites (N-methyl/N-ethyl adjacent to an activating group) is 1. The van der Waals surface area contributed by atoms with Gasteiger partial charge in [-0.15, -0.1) is 0 Å². The molecule has 21 heavy (non-hydrogen) atoms. The molecule has 112 valence electrons. The van der Waals surface area contributed by atoms with Crippen LogP contribution in [0.4, 0.5) is 5.82 Å². The number of imidazole rings is 1. The summed E-state index contributed by atoms with van der Waals surface area (Å²) in [6, 6.07) is 0.561. The Morgan fingerprint density at radius 2 is 2.19 bits per heavy atom. The first-order valence-electron chi connectivity index (χ1n) is 7.38. The van der Waals surface area contributed by atoms with Gasteiger partial charge in [0.1, 0.15) is 11.6 Å². The van der Waals surface area contributed by atoms with E-state index in [0.717, 1.165) is 29.9 Å². The van der Waals surface area contributed by atoms with Crippen LogP contribution in [-0.4, -0.2) is 51.1 Å². The molecular formula is C15H22N6. The molecule has 1 unspecified atom stereocenters. The molecular weight excluding hydrogens is 264 g/mol. The van der Waals surface area contributed by atoms with Crippen molar-refractivity contribution in [2.45, 2.75) is 25.8 Å². The fourth-order valence-electron chi connectivity index (χ4n) is 2.64. The maximum absolute atomic E-state index is 4.62. The second-order valence-corrected chi connectivity index (χ2v) is 5.86. The Kier molecular flexibility index (Phi) is 3.88. The Balaban J connectivity index is 1.70. The molecule has 1 saturated carbocycles. The van der Waals surface area contributed by atoms with Crippen molar-refractivity contribution in [2.75, 3.05) is 26.0 Å². The van der Waals surface area contributed by atoms with Crippen LogP contribution in [0, 0.1) is 12.8 Å². The van der Waals surface area contributed by atoms with Crippen LogP contribution in [0.2, 0.25) is 0 Å². The molecule has 0 aliphatic heterocycles. The third-order valence-electron chi connectivity index (χ3n) is 4.02. The summed E-state index contributed by atoms with van der Waals surface area (Å²) in [5.74, 6) is 3.33. The highest BCUT2D eigenvalue weighted by atomic mass is 15.2. The van der Waals surface area contributed by atoms with Gasteiger partial charge in [0.2, 0.25) is 0 Å². The lowest BCUT2D eigenvalue weighted by molar-refractivity contribution is 0.276. The summed E-state index contributed by atoms with van der Waals surface area (Å²) in [5.41, 5.74) is 0. The van der Waals surface area contributed by atoms with Gasteiger partial charge in [-0.25, -0.2) is 9.97 Å². The maximum atomic E-state index is 4.62. The van der Waals surface area contributed by atoms with E-state index >= 15 is 0 Å². The van der Waals surface area contributed by atoms with Gasteiger partial charge in [-0.05, 0) is 39.8 Å². The Morgan fingerprint density at radius 1 is 1.38 bits per heavy atom. The molecule has 2 heterocycles. The van der Waals surface area contributed by atoms with Crippen molar-refractivity contribution >= 4 is 5.82 Å². The molecule has 1 N–H and O–H groups in total. The molecule has 1 atom stereocenters. The molecule has 0 amide bonds. The molecule has 3 rings (SSSR count). The van der Waals surface area contributed by atoms with Crippen LogP contribution in [0.3, 0.4) is 0 Å². The third-order valence-corrected chi connectivity index (χ3v) is 4.02. The van der Waals surface area contributed by atoms with Crippen molar-refractivity contribution in [3.63, 3.8) is 0 Å². The first kappa shape index (κ1) is 14.0. The van der Waals surface area contributed by atoms with E-state index in [-0.39, 0.29) is 0 Å². The number of aromatic nitrogens is 4. The second kappa shape index (κ2) is 5.81. The van der Waals surface area contributed by atoms with Gasteiger partial charge in [0.25, 0.3) is 0 Å². The van der Waals surface area contributed by atoms with Crippen LogP contribution in [0.15, 0.2) is 24.8 Å². The van der Waals surface area contributed by atoms with Gasteiger partial charge in [0.05, 0.1) is 12.4 Å². The van der Waals surface area contributed by atoms with Gasteiger partial charge in [0, 0.05) is 25.0 Å². The quantitative estimate of drug-likeness (QED) is 0.876. The first-order chi connectivity index (χ1) is 10.1. The molecule has 0 radical (unpaired) electrons. The Hall–Kier alpha value is -1.95. The van der Waals surface area contributed by atoms with Crippen molar-refractivity contribution < 1.29 is 0 Å². The molecule has 1 aliphatic carbocycles. The standard InChI is InChI=1S/C15H22N6/c1-11-17-6-7-21(11)15-10-16-9-14(19-15)18-8-13(20(2)3)12-4-5-12/h6-7,9-10,12-13H,4-5,8H2,1-3H3,(H,18,19). The van der Waals surface area contributed by atoms with E-state index in [4.69, 9.17) is 0 Å². The first-order valence-corrected chi connectivity index (χ1v) is 7.38. The third kappa shape index (κ3) is 3.21. The topological polar surface area (TPSA) is 58.9 Å². The number of hydrogen-bond acceptors (Lipinski definition) is 5. The Labute approximate surface area is 125 Å². The largest absolute Gasteiger partial charge is 0.367 e. The summed E-state index contributed by atoms with van der Waals surface area (Å²) in [6.45, 7) is 2.86. The average Bonchev–Trinajstić information content (AvgIpc) is 3.20. The molecule has 1 fully saturated rings. The van der Waals surface area contributed by atoms with Gasteiger partial charge < -0.3 is 10.2 Å². The summed E-state index contributed by atoms with van der Waals surface area (Å²) < 4.78 is 1.93. The van der Waals surface area contributed by atoms with Crippen LogP contribution < -0.4 is 5.32 Å². The van der Waals surface area contributed by atoms with Gasteiger partial charge >= 0.3 is 0 Å². The van der Waals surface area contributed by atoms with E-state index in [1.165, 1.54) is 12.8 Å². The minimum atomic E-state index is 0.561. The number of rotatable bonds is 6. The highest BCUT2D eigenvalue weighted by Crippen LogP contribution is 2.34. The van der Waals surface area contributed by atoms with Crippen molar-refractivity contribution in [2.24, 2.45) is 5.92 Å². The Bertz CT molecular complexity index is 600. The van der Waals surface area contributed by atoms with E-state index in [1.807, 2.05) is 17.7 Å². The summed E-state index contributed by atoms with van der Waals surface area (Å²) in [6.07, 6.45) is 9.87. The van der Waals surface area contributed by atoms with Crippen LogP contribution in [0.1, 0.15) is 18.7 Å². The van der Waals surface area contributed by atoms with Gasteiger partial charge in [0.15, 0.2) is 5.82 Å². The molecule has 0 aromatic carbocycles. The van der Waals surface area contributed by atoms with Crippen LogP contribution in [0.25, 0.3) is 5.82 Å². The van der Waals surface area contributed by atoms with E-state index in [1.54, 1.807) is 18.6 Å². The maximum Gasteiger partial charge on any atom is 0.159 e. The number of aryl methyl sites for hydroxylation is 1. The Morgan fingerprint density at radius 3 is 2.81 bits per heavy atom. The zero-order valence-electron chi connectivity index (χ0n) is 12.8. The van der Waals surface area contributed by atoms with Gasteiger partial charge in [-0.3, -0.25) is 9.55 Å². The zero-order valence-corrected chi connectivity index (χ0v) is 12.8. The number of nitrogens with zero attached hydrogens (tertiary/aromatic N) is 5. The summed E-state index contributed by atoms with van der Waals surface area (Å²) in [5, 5.41) is 3.42. The highest BCUT2D eigenvalue weighted by Gasteiger charge is 2.32.